The molecule has 29 heavy (non-hydrogen) atoms. The summed E-state index contributed by atoms with van der Waals surface area (Å²) in [6.45, 7) is 2.42. The van der Waals surface area contributed by atoms with Crippen LogP contribution in [0, 0.1) is 11.8 Å². The molecule has 6 rings (SSSR count). The first-order chi connectivity index (χ1) is 14.4. The second-order valence-electron chi connectivity index (χ2n) is 8.57. The van der Waals surface area contributed by atoms with Crippen molar-refractivity contribution >= 4 is 16.9 Å². The second kappa shape index (κ2) is 7.02. The summed E-state index contributed by atoms with van der Waals surface area (Å²) in [6, 6.07) is 10.8. The average Bonchev–Trinajstić information content (AvgIpc) is 3.53. The van der Waals surface area contributed by atoms with E-state index < -0.39 is 0 Å². The zero-order valence-corrected chi connectivity index (χ0v) is 16.4. The summed E-state index contributed by atoms with van der Waals surface area (Å²) >= 11 is 0. The molecule has 6 nitrogen and oxygen atoms in total. The van der Waals surface area contributed by atoms with Crippen LogP contribution in [-0.2, 0) is 4.74 Å². The number of hydrogen-bond acceptors (Lipinski definition) is 5. The van der Waals surface area contributed by atoms with Gasteiger partial charge in [-0.3, -0.25) is 0 Å². The number of aromatic nitrogens is 3. The Kier molecular flexibility index (Phi) is 4.18. The number of nitrogens with one attached hydrogen (secondary N) is 2. The minimum absolute atomic E-state index is 0.167. The topological polar surface area (TPSA) is 72.1 Å². The molecule has 0 radical (unpaired) electrons. The molecular weight excluding hydrogens is 364 g/mol. The van der Waals surface area contributed by atoms with Crippen molar-refractivity contribution in [3.63, 3.8) is 0 Å². The first kappa shape index (κ1) is 17.3. The van der Waals surface area contributed by atoms with Gasteiger partial charge in [0.2, 0.25) is 0 Å². The van der Waals surface area contributed by atoms with Crippen LogP contribution in [0.2, 0.25) is 0 Å². The summed E-state index contributed by atoms with van der Waals surface area (Å²) in [7, 11) is 0. The first-order valence-corrected chi connectivity index (χ1v) is 10.8. The number of benzene rings is 1. The normalized spacial score (nSPS) is 24.8. The van der Waals surface area contributed by atoms with E-state index in [1.807, 2.05) is 6.07 Å². The highest BCUT2D eigenvalue weighted by Crippen LogP contribution is 2.44. The number of hydrogen-bond donors (Lipinski definition) is 2. The Bertz CT molecular complexity index is 1020. The summed E-state index contributed by atoms with van der Waals surface area (Å²) < 4.78 is 11.8. The Hall–Kier alpha value is -2.60. The zero-order valence-electron chi connectivity index (χ0n) is 16.4. The predicted molar refractivity (Wildman–Crippen MR) is 111 cm³/mol. The lowest BCUT2D eigenvalue weighted by Crippen LogP contribution is -2.38. The fraction of sp³-hybridized carbons (Fsp3) is 0.478. The second-order valence-corrected chi connectivity index (χ2v) is 8.57. The van der Waals surface area contributed by atoms with Gasteiger partial charge in [0, 0.05) is 30.4 Å². The van der Waals surface area contributed by atoms with Crippen molar-refractivity contribution in [2.24, 2.45) is 11.8 Å². The Morgan fingerprint density at radius 3 is 2.76 bits per heavy atom. The molecule has 0 bridgehead atoms. The summed E-state index contributed by atoms with van der Waals surface area (Å²) in [5.74, 6) is 3.53. The van der Waals surface area contributed by atoms with E-state index in [2.05, 4.69) is 44.5 Å². The van der Waals surface area contributed by atoms with E-state index in [1.165, 1.54) is 24.1 Å². The molecule has 6 heteroatoms. The van der Waals surface area contributed by atoms with E-state index in [1.54, 1.807) is 6.33 Å². The number of fused-ring (bicyclic) bond motifs is 2. The molecule has 4 heterocycles. The van der Waals surface area contributed by atoms with Gasteiger partial charge in [0.05, 0.1) is 18.0 Å². The maximum atomic E-state index is 6.17. The largest absolute Gasteiger partial charge is 0.493 e. The van der Waals surface area contributed by atoms with Crippen LogP contribution in [0.4, 0.5) is 5.82 Å². The number of H-pyrrole nitrogens is 1. The van der Waals surface area contributed by atoms with Crippen LogP contribution in [0.1, 0.15) is 48.9 Å². The van der Waals surface area contributed by atoms with Gasteiger partial charge in [-0.15, -0.1) is 0 Å². The van der Waals surface area contributed by atoms with Crippen molar-refractivity contribution < 1.29 is 9.47 Å². The highest BCUT2D eigenvalue weighted by Gasteiger charge is 2.37. The number of ether oxygens (including phenoxy) is 2. The van der Waals surface area contributed by atoms with Gasteiger partial charge in [-0.25, -0.2) is 9.97 Å². The maximum Gasteiger partial charge on any atom is 0.143 e. The predicted octanol–water partition coefficient (Wildman–Crippen LogP) is 4.42. The monoisotopic (exact) mass is 390 g/mol. The van der Waals surface area contributed by atoms with Crippen molar-refractivity contribution in [1.82, 2.24) is 15.0 Å². The highest BCUT2D eigenvalue weighted by molar-refractivity contribution is 5.88. The Morgan fingerprint density at radius 1 is 1.03 bits per heavy atom. The van der Waals surface area contributed by atoms with Crippen LogP contribution >= 0.6 is 0 Å². The van der Waals surface area contributed by atoms with Gasteiger partial charge in [0.15, 0.2) is 0 Å². The number of anilines is 1. The summed E-state index contributed by atoms with van der Waals surface area (Å²) in [5.41, 5.74) is 3.43. The van der Waals surface area contributed by atoms with Gasteiger partial charge >= 0.3 is 0 Å². The van der Waals surface area contributed by atoms with Gasteiger partial charge in [-0.2, -0.15) is 0 Å². The Balaban J connectivity index is 1.38. The third-order valence-corrected chi connectivity index (χ3v) is 6.74. The van der Waals surface area contributed by atoms with Gasteiger partial charge in [-0.1, -0.05) is 18.2 Å². The fourth-order valence-electron chi connectivity index (χ4n) is 4.96. The molecule has 2 aromatic heterocycles. The molecule has 3 aliphatic rings. The van der Waals surface area contributed by atoms with E-state index >= 15 is 0 Å². The van der Waals surface area contributed by atoms with E-state index in [9.17, 15) is 0 Å². The molecule has 1 saturated carbocycles. The highest BCUT2D eigenvalue weighted by atomic mass is 16.5. The number of para-hydroxylation sites is 1. The van der Waals surface area contributed by atoms with Crippen LogP contribution in [0.5, 0.6) is 5.75 Å². The third-order valence-electron chi connectivity index (χ3n) is 6.74. The van der Waals surface area contributed by atoms with Crippen LogP contribution in [0.3, 0.4) is 0 Å². The number of rotatable bonds is 4. The van der Waals surface area contributed by atoms with Crippen molar-refractivity contribution in [1.29, 1.82) is 0 Å². The fourth-order valence-corrected chi connectivity index (χ4v) is 4.96. The Morgan fingerprint density at radius 2 is 1.90 bits per heavy atom. The van der Waals surface area contributed by atoms with Gasteiger partial charge < -0.3 is 19.8 Å². The standard InChI is InChI=1S/C23H26N4O2/c1-2-4-20-16(3-1)21(18(12-29-20)14-7-9-28-10-8-14)27-23-17-11-19(15-5-6-15)26-22(17)24-13-25-23/h1-4,11,13-15,18,21H,5-10,12H2,(H2,24,25,26,27)/t18-,21+/m1/s1. The molecule has 2 N–H and O–H groups in total. The average molecular weight is 390 g/mol. The summed E-state index contributed by atoms with van der Waals surface area (Å²) in [5, 5.41) is 4.90. The smallest absolute Gasteiger partial charge is 0.143 e. The third kappa shape index (κ3) is 3.15. The SMILES string of the molecule is c1ccc2c(c1)OC[C@H](C1CCOCC1)[C@H]2Nc1ncnc2[nH]c(C3CC3)cc12. The molecule has 0 amide bonds. The van der Waals surface area contributed by atoms with E-state index in [0.29, 0.717) is 17.8 Å². The quantitative estimate of drug-likeness (QED) is 0.690. The minimum Gasteiger partial charge on any atom is -0.493 e. The molecule has 0 spiro atoms. The molecular formula is C23H26N4O2. The number of aromatic amines is 1. The molecule has 1 aliphatic carbocycles. The Labute approximate surface area is 170 Å². The lowest BCUT2D eigenvalue weighted by Gasteiger charge is -2.40. The number of nitrogens with zero attached hydrogens (tertiary/aromatic N) is 2. The van der Waals surface area contributed by atoms with Crippen molar-refractivity contribution in [3.05, 3.63) is 47.9 Å². The van der Waals surface area contributed by atoms with Gasteiger partial charge in [0.1, 0.15) is 23.5 Å². The lowest BCUT2D eigenvalue weighted by molar-refractivity contribution is 0.0264. The molecule has 0 unspecified atom stereocenters. The van der Waals surface area contributed by atoms with Gasteiger partial charge in [0.25, 0.3) is 0 Å². The van der Waals surface area contributed by atoms with Crippen LogP contribution < -0.4 is 10.1 Å². The molecule has 2 aliphatic heterocycles. The van der Waals surface area contributed by atoms with Crippen LogP contribution in [0.15, 0.2) is 36.7 Å². The van der Waals surface area contributed by atoms with Crippen LogP contribution in [-0.4, -0.2) is 34.8 Å². The molecule has 1 saturated heterocycles. The zero-order chi connectivity index (χ0) is 19.2. The van der Waals surface area contributed by atoms with Gasteiger partial charge in [-0.05, 0) is 49.7 Å². The van der Waals surface area contributed by atoms with Crippen molar-refractivity contribution in [2.75, 3.05) is 25.1 Å². The molecule has 150 valence electrons. The summed E-state index contributed by atoms with van der Waals surface area (Å²) in [4.78, 5) is 12.6. The molecule has 2 fully saturated rings. The first-order valence-electron chi connectivity index (χ1n) is 10.8. The maximum absolute atomic E-state index is 6.17. The minimum atomic E-state index is 0.167. The molecule has 3 aromatic rings. The van der Waals surface area contributed by atoms with E-state index in [4.69, 9.17) is 9.47 Å². The summed E-state index contributed by atoms with van der Waals surface area (Å²) in [6.07, 6.45) is 6.37. The molecule has 1 aromatic carbocycles. The van der Waals surface area contributed by atoms with Crippen molar-refractivity contribution in [3.8, 4) is 5.75 Å². The van der Waals surface area contributed by atoms with E-state index in [0.717, 1.165) is 55.3 Å². The van der Waals surface area contributed by atoms with Crippen LogP contribution in [0.25, 0.3) is 11.0 Å². The van der Waals surface area contributed by atoms with Crippen molar-refractivity contribution in [2.45, 2.75) is 37.6 Å². The molecule has 2 atom stereocenters. The van der Waals surface area contributed by atoms with E-state index in [-0.39, 0.29) is 6.04 Å². The lowest BCUT2D eigenvalue weighted by atomic mass is 9.77.